The third kappa shape index (κ3) is 6.50. The monoisotopic (exact) mass is 1050 g/mol. The van der Waals surface area contributed by atoms with Crippen molar-refractivity contribution < 1.29 is 0 Å². The molecule has 0 unspecified atom stereocenters. The molecule has 2 N–H and O–H groups in total. The largest absolute Gasteiger partial charge is 0.324 e. The summed E-state index contributed by atoms with van der Waals surface area (Å²) < 4.78 is 3.28. The molecule has 0 aliphatic carbocycles. The van der Waals surface area contributed by atoms with Crippen molar-refractivity contribution in [3.8, 4) is 91.1 Å². The topological polar surface area (TPSA) is 221 Å². The van der Waals surface area contributed by atoms with Gasteiger partial charge in [0.25, 0.3) is 0 Å². The molecule has 0 saturated heterocycles. The summed E-state index contributed by atoms with van der Waals surface area (Å²) in [5, 5.41) is 16.9. The Balaban J connectivity index is 0.992. The molecule has 0 fully saturated rings. The van der Waals surface area contributed by atoms with Crippen molar-refractivity contribution in [2.75, 3.05) is 0 Å². The van der Waals surface area contributed by atoms with E-state index in [1.54, 1.807) is 9.35 Å². The number of rotatable bonds is 2. The van der Waals surface area contributed by atoms with Gasteiger partial charge in [-0.05, 0) is 10.4 Å². The summed E-state index contributed by atoms with van der Waals surface area (Å²) in [5.74, 6) is 3.62. The molecule has 18 rings (SSSR count). The van der Waals surface area contributed by atoms with Crippen LogP contribution in [0.15, 0.2) is 205 Å². The lowest BCUT2D eigenvalue weighted by atomic mass is 10.1. The zero-order valence-corrected chi connectivity index (χ0v) is 42.6. The highest BCUT2D eigenvalue weighted by atomic mass is 15.6. The van der Waals surface area contributed by atoms with Crippen molar-refractivity contribution in [1.82, 2.24) is 79.1 Å². The molecule has 0 radical (unpaired) electrons. The van der Waals surface area contributed by atoms with Gasteiger partial charge in [-0.3, -0.25) is 0 Å². The predicted molar refractivity (Wildman–Crippen MR) is 315 cm³/mol. The highest BCUT2D eigenvalue weighted by Crippen LogP contribution is 2.41. The van der Waals surface area contributed by atoms with Gasteiger partial charge in [-0.15, -0.1) is 0 Å². The Kier molecular flexibility index (Phi) is 9.03. The van der Waals surface area contributed by atoms with E-state index < -0.39 is 0 Å². The van der Waals surface area contributed by atoms with Crippen molar-refractivity contribution in [3.63, 3.8) is 0 Å². The normalized spacial score (nSPS) is 12.3. The van der Waals surface area contributed by atoms with Gasteiger partial charge in [-0.2, -0.15) is 9.35 Å². The summed E-state index contributed by atoms with van der Waals surface area (Å²) in [6, 6.07) is 63.7. The predicted octanol–water partition coefficient (Wildman–Crippen LogP) is 13.7. The number of aromatic nitrogens is 16. The van der Waals surface area contributed by atoms with E-state index in [9.17, 15) is 0 Å². The highest BCUT2D eigenvalue weighted by molar-refractivity contribution is 6.09. The number of hydrogen-bond donors (Lipinski definition) is 2. The lowest BCUT2D eigenvalue weighted by Crippen LogP contribution is -1.97. The molecule has 0 saturated carbocycles. The second kappa shape index (κ2) is 16.8. The van der Waals surface area contributed by atoms with E-state index in [2.05, 4.69) is 9.97 Å². The van der Waals surface area contributed by atoms with Gasteiger partial charge in [-0.25, -0.2) is 59.8 Å². The second-order valence-corrected chi connectivity index (χ2v) is 20.0. The minimum Gasteiger partial charge on any atom is -0.324 e. The molecule has 0 atom stereocenters. The molecular formula is C64H34N18. The van der Waals surface area contributed by atoms with E-state index in [4.69, 9.17) is 70.3 Å². The quantitative estimate of drug-likeness (QED) is 0.154. The summed E-state index contributed by atoms with van der Waals surface area (Å²) in [6.45, 7) is 0. The number of benzene rings is 8. The van der Waals surface area contributed by atoms with Gasteiger partial charge in [-0.1, -0.05) is 194 Å². The molecular weight excluding hydrogens is 1020 g/mol. The summed E-state index contributed by atoms with van der Waals surface area (Å²) in [7, 11) is 0. The van der Waals surface area contributed by atoms with Gasteiger partial charge >= 0.3 is 0 Å². The molecule has 82 heavy (non-hydrogen) atoms. The van der Waals surface area contributed by atoms with Crippen LogP contribution in [0.4, 0.5) is 0 Å². The van der Waals surface area contributed by atoms with E-state index in [-0.39, 0.29) is 0 Å². The average Bonchev–Trinajstić information content (AvgIpc) is 4.26. The molecule has 8 aromatic carbocycles. The zero-order chi connectivity index (χ0) is 53.6. The van der Waals surface area contributed by atoms with Crippen LogP contribution in [0.5, 0.6) is 0 Å². The minimum atomic E-state index is 0.403. The number of nitrogens with zero attached hydrogens (tertiary/aromatic N) is 16. The molecule has 4 aliphatic heterocycles. The van der Waals surface area contributed by atoms with Crippen LogP contribution in [0.25, 0.3) is 179 Å². The summed E-state index contributed by atoms with van der Waals surface area (Å²) in [4.78, 5) is 70.4. The smallest absolute Gasteiger partial charge is 0.168 e. The van der Waals surface area contributed by atoms with Crippen LogP contribution in [0.1, 0.15) is 0 Å². The molecule has 18 nitrogen and oxygen atoms in total. The third-order valence-electron chi connectivity index (χ3n) is 15.4. The van der Waals surface area contributed by atoms with Crippen molar-refractivity contribution in [2.24, 2.45) is 10.4 Å². The minimum absolute atomic E-state index is 0.403. The maximum Gasteiger partial charge on any atom is 0.168 e. The first kappa shape index (κ1) is 44.1. The van der Waals surface area contributed by atoms with Crippen LogP contribution in [-0.2, 0) is 0 Å². The van der Waals surface area contributed by atoms with Gasteiger partial charge < -0.3 is 9.97 Å². The third-order valence-corrected chi connectivity index (χ3v) is 15.4. The molecule has 380 valence electrons. The highest BCUT2D eigenvalue weighted by Gasteiger charge is 2.26. The van der Waals surface area contributed by atoms with Crippen molar-refractivity contribution >= 4 is 88.3 Å². The Labute approximate surface area is 461 Å². The first-order valence-electron chi connectivity index (χ1n) is 26.5. The Morgan fingerprint density at radius 2 is 0.390 bits per heavy atom. The number of hydrogen-bond acceptors (Lipinski definition) is 14. The fraction of sp³-hybridized carbons (Fsp3) is 0. The fourth-order valence-corrected chi connectivity index (χ4v) is 11.6. The van der Waals surface area contributed by atoms with Gasteiger partial charge in [0.15, 0.2) is 69.2 Å². The standard InChI is InChI=1S/C64H34N18/c1-2-18-34-33(17-1)49-65-50(34)68-54-38-22-6-10-26-42(38)58(72-54)76-62-46-30-14-13-29-45(46)61(75-57-41-25-9-5-21-37(41)53(67-49)71-57)81(62)79-80-82-63-47-31-15-16-32-48(47)64(82)78-60-44-28-12-8-24-40(44)56(74-60)70-52-36-20-4-3-19-35(36)51(66-52)69-55-39-23-7-11-27-43(39)59(73-55)77-63/h1-32H,(H,65,67,68,71,72,75,76)(H,66,69,70,73,74,77,78)/b80-79-. The van der Waals surface area contributed by atoms with Gasteiger partial charge in [0.2, 0.25) is 0 Å². The van der Waals surface area contributed by atoms with E-state index in [1.807, 2.05) is 194 Å². The Bertz CT molecular complexity index is 4910. The Hall–Kier alpha value is -11.9. The maximum absolute atomic E-state index is 5.45. The van der Waals surface area contributed by atoms with Crippen molar-refractivity contribution in [3.05, 3.63) is 194 Å². The Morgan fingerprint density at radius 1 is 0.207 bits per heavy atom. The molecule has 18 heteroatoms. The van der Waals surface area contributed by atoms with E-state index in [1.165, 1.54) is 0 Å². The number of fused-ring (bicyclic) bond motifs is 40. The average molecular weight is 1060 g/mol. The van der Waals surface area contributed by atoms with Crippen LogP contribution in [-0.4, -0.2) is 79.1 Å². The summed E-state index contributed by atoms with van der Waals surface area (Å²) in [5.41, 5.74) is 10.4. The summed E-state index contributed by atoms with van der Waals surface area (Å²) >= 11 is 0. The molecule has 16 bridgehead atoms. The van der Waals surface area contributed by atoms with Crippen molar-refractivity contribution in [2.45, 2.75) is 0 Å². The lowest BCUT2D eigenvalue weighted by molar-refractivity contribution is 0.732. The van der Waals surface area contributed by atoms with Crippen molar-refractivity contribution in [1.29, 1.82) is 0 Å². The van der Waals surface area contributed by atoms with Crippen LogP contribution < -0.4 is 0 Å². The maximum atomic E-state index is 5.45. The zero-order valence-electron chi connectivity index (χ0n) is 42.6. The van der Waals surface area contributed by atoms with E-state index in [0.717, 1.165) is 87.6 Å². The van der Waals surface area contributed by atoms with Crippen LogP contribution in [0, 0.1) is 0 Å². The first-order chi connectivity index (χ1) is 40.6. The molecule has 10 heterocycles. The van der Waals surface area contributed by atoms with Crippen LogP contribution in [0.2, 0.25) is 0 Å². The van der Waals surface area contributed by atoms with Crippen LogP contribution in [0.3, 0.4) is 0 Å². The molecule has 4 aliphatic rings. The SMILES string of the molecule is c1ccc2c(c1)-c1nc-2nc2c3ccccc3c(nc3nc(nc4[nH]c(n1)c1ccccc41)-c1ccccc1-3)n2/N=N\n1c2nc3nc(nc4[nH]c(nc5nc(nc1c1ccccc12)-c1ccccc1-5)c1ccccc41)-c1ccccc1-3. The second-order valence-electron chi connectivity index (χ2n) is 20.0. The molecule has 0 amide bonds. The Morgan fingerprint density at radius 3 is 0.610 bits per heavy atom. The molecule has 6 aromatic heterocycles. The lowest BCUT2D eigenvalue weighted by Gasteiger charge is -2.01. The molecule has 14 aromatic rings. The number of aromatic amines is 2. The van der Waals surface area contributed by atoms with Gasteiger partial charge in [0.05, 0.1) is 0 Å². The number of H-pyrrole nitrogens is 2. The first-order valence-corrected chi connectivity index (χ1v) is 26.5. The summed E-state index contributed by atoms with van der Waals surface area (Å²) in [6.07, 6.45) is 0. The number of nitrogens with one attached hydrogen (secondary N) is 2. The van der Waals surface area contributed by atoms with E-state index >= 15 is 0 Å². The molecule has 0 spiro atoms. The van der Waals surface area contributed by atoms with Crippen LogP contribution >= 0.6 is 0 Å². The van der Waals surface area contributed by atoms with E-state index in [0.29, 0.717) is 91.8 Å². The van der Waals surface area contributed by atoms with Gasteiger partial charge in [0.1, 0.15) is 22.6 Å². The fourth-order valence-electron chi connectivity index (χ4n) is 11.6. The van der Waals surface area contributed by atoms with Gasteiger partial charge in [0, 0.05) is 87.6 Å².